The van der Waals surface area contributed by atoms with Crippen LogP contribution in [0.4, 0.5) is 11.4 Å². The van der Waals surface area contributed by atoms with Gasteiger partial charge in [-0.1, -0.05) is 29.8 Å². The topological polar surface area (TPSA) is 75.9 Å². The van der Waals surface area contributed by atoms with Gasteiger partial charge in [-0.05, 0) is 61.3 Å². The van der Waals surface area contributed by atoms with Crippen LogP contribution < -0.4 is 14.5 Å². The highest BCUT2D eigenvalue weighted by molar-refractivity contribution is 6.30. The van der Waals surface area contributed by atoms with Crippen molar-refractivity contribution in [1.82, 2.24) is 5.16 Å². The van der Waals surface area contributed by atoms with Gasteiger partial charge in [0.2, 0.25) is 11.7 Å². The molecule has 0 saturated heterocycles. The van der Waals surface area contributed by atoms with Gasteiger partial charge < -0.3 is 19.1 Å². The van der Waals surface area contributed by atoms with Crippen molar-refractivity contribution >= 4 is 34.8 Å². The molecule has 1 aliphatic rings. The molecule has 2 atom stereocenters. The molecule has 0 spiro atoms. The molecule has 1 aliphatic heterocycles. The molecule has 2 amide bonds. The number of carbonyl (C=O) groups excluding carboxylic acids is 2. The number of rotatable bonds is 5. The third-order valence-corrected chi connectivity index (χ3v) is 5.78. The molecule has 4 rings (SSSR count). The highest BCUT2D eigenvalue weighted by Crippen LogP contribution is 2.43. The number of para-hydroxylation sites is 1. The number of amides is 2. The van der Waals surface area contributed by atoms with Gasteiger partial charge >= 0.3 is 0 Å². The first-order valence-electron chi connectivity index (χ1n) is 10.5. The van der Waals surface area contributed by atoms with Crippen LogP contribution in [-0.4, -0.2) is 29.6 Å². The summed E-state index contributed by atoms with van der Waals surface area (Å²) >= 11 is 6.05. The highest BCUT2D eigenvalue weighted by Gasteiger charge is 2.39. The Kier molecular flexibility index (Phi) is 6.19. The number of ether oxygens (including phenoxy) is 1. The van der Waals surface area contributed by atoms with E-state index in [1.807, 2.05) is 50.2 Å². The van der Waals surface area contributed by atoms with Crippen molar-refractivity contribution in [3.05, 3.63) is 70.9 Å². The lowest BCUT2D eigenvalue weighted by atomic mass is 9.89. The summed E-state index contributed by atoms with van der Waals surface area (Å²) in [6.45, 7) is 5.77. The number of halogens is 1. The van der Waals surface area contributed by atoms with E-state index in [1.54, 1.807) is 28.9 Å². The SMILES string of the molecule is CCOc1cc(C(=O)N2c3ccccc3C(N(C(C)=O)c3ccc(Cl)cc3)CC2C)on1. The van der Waals surface area contributed by atoms with Gasteiger partial charge in [-0.15, -0.1) is 0 Å². The van der Waals surface area contributed by atoms with Crippen LogP contribution in [-0.2, 0) is 4.79 Å². The largest absolute Gasteiger partial charge is 0.476 e. The minimum atomic E-state index is -0.303. The van der Waals surface area contributed by atoms with Crippen LogP contribution in [0.3, 0.4) is 0 Å². The Morgan fingerprint density at radius 1 is 1.22 bits per heavy atom. The summed E-state index contributed by atoms with van der Waals surface area (Å²) in [6.07, 6.45) is 0.553. The maximum atomic E-state index is 13.3. The smallest absolute Gasteiger partial charge is 0.297 e. The van der Waals surface area contributed by atoms with E-state index in [0.29, 0.717) is 18.1 Å². The van der Waals surface area contributed by atoms with E-state index in [9.17, 15) is 9.59 Å². The third kappa shape index (κ3) is 4.08. The second-order valence-electron chi connectivity index (χ2n) is 7.66. The van der Waals surface area contributed by atoms with Gasteiger partial charge in [0.1, 0.15) is 0 Å². The fourth-order valence-electron chi connectivity index (χ4n) is 4.21. The first kappa shape index (κ1) is 21.9. The lowest BCUT2D eigenvalue weighted by Crippen LogP contribution is -2.47. The maximum absolute atomic E-state index is 13.3. The van der Waals surface area contributed by atoms with Gasteiger partial charge in [0, 0.05) is 29.4 Å². The number of nitrogens with zero attached hydrogens (tertiary/aromatic N) is 3. The molecule has 0 fully saturated rings. The highest BCUT2D eigenvalue weighted by atomic mass is 35.5. The van der Waals surface area contributed by atoms with E-state index < -0.39 is 0 Å². The van der Waals surface area contributed by atoms with Crippen LogP contribution >= 0.6 is 11.6 Å². The van der Waals surface area contributed by atoms with Crippen molar-refractivity contribution in [3.8, 4) is 5.88 Å². The van der Waals surface area contributed by atoms with Crippen molar-refractivity contribution < 1.29 is 18.8 Å². The van der Waals surface area contributed by atoms with Crippen LogP contribution in [0.5, 0.6) is 5.88 Å². The molecule has 8 heteroatoms. The van der Waals surface area contributed by atoms with Crippen LogP contribution in [0.1, 0.15) is 49.4 Å². The van der Waals surface area contributed by atoms with Crippen LogP contribution in [0, 0.1) is 0 Å². The molecule has 1 aromatic heterocycles. The molecule has 0 saturated carbocycles. The van der Waals surface area contributed by atoms with Gasteiger partial charge in [-0.2, -0.15) is 0 Å². The van der Waals surface area contributed by atoms with Gasteiger partial charge in [0.15, 0.2) is 0 Å². The fourth-order valence-corrected chi connectivity index (χ4v) is 4.34. The van der Waals surface area contributed by atoms with Crippen molar-refractivity contribution in [2.45, 2.75) is 39.3 Å². The average molecular weight is 454 g/mol. The second kappa shape index (κ2) is 9.04. The quantitative estimate of drug-likeness (QED) is 0.526. The van der Waals surface area contributed by atoms with E-state index in [-0.39, 0.29) is 35.5 Å². The van der Waals surface area contributed by atoms with Gasteiger partial charge in [0.05, 0.1) is 18.7 Å². The standard InChI is InChI=1S/C24H24ClN3O4/c1-4-31-23-14-22(32-26-23)24(30)27-15(2)13-21(19-7-5-6-8-20(19)27)28(16(3)29)18-11-9-17(25)10-12-18/h5-12,14-15,21H,4,13H2,1-3H3. The minimum Gasteiger partial charge on any atom is -0.476 e. The Morgan fingerprint density at radius 2 is 1.94 bits per heavy atom. The second-order valence-corrected chi connectivity index (χ2v) is 8.10. The Hall–Kier alpha value is -3.32. The van der Waals surface area contributed by atoms with Gasteiger partial charge in [-0.25, -0.2) is 0 Å². The molecule has 2 heterocycles. The number of aromatic nitrogens is 1. The van der Waals surface area contributed by atoms with Gasteiger partial charge in [0.25, 0.3) is 11.8 Å². The summed E-state index contributed by atoms with van der Waals surface area (Å²) in [5.74, 6) is -0.00902. The number of anilines is 2. The summed E-state index contributed by atoms with van der Waals surface area (Å²) in [5, 5.41) is 4.41. The van der Waals surface area contributed by atoms with E-state index in [2.05, 4.69) is 5.16 Å². The predicted octanol–water partition coefficient (Wildman–Crippen LogP) is 5.26. The maximum Gasteiger partial charge on any atom is 0.297 e. The fraction of sp³-hybridized carbons (Fsp3) is 0.292. The van der Waals surface area contributed by atoms with Crippen molar-refractivity contribution in [2.75, 3.05) is 16.4 Å². The van der Waals surface area contributed by atoms with Crippen molar-refractivity contribution in [2.24, 2.45) is 0 Å². The van der Waals surface area contributed by atoms with Crippen LogP contribution in [0.2, 0.25) is 5.02 Å². The molecule has 0 radical (unpaired) electrons. The molecule has 166 valence electrons. The normalized spacial score (nSPS) is 17.6. The average Bonchev–Trinajstić information content (AvgIpc) is 3.24. The van der Waals surface area contributed by atoms with Crippen LogP contribution in [0.15, 0.2) is 59.1 Å². The molecule has 7 nitrogen and oxygen atoms in total. The lowest BCUT2D eigenvalue weighted by Gasteiger charge is -2.43. The summed E-state index contributed by atoms with van der Waals surface area (Å²) in [4.78, 5) is 29.5. The van der Waals surface area contributed by atoms with Gasteiger partial charge in [-0.3, -0.25) is 9.59 Å². The summed E-state index contributed by atoms with van der Waals surface area (Å²) in [7, 11) is 0. The van der Waals surface area contributed by atoms with E-state index in [4.69, 9.17) is 20.9 Å². The first-order valence-corrected chi connectivity index (χ1v) is 10.9. The Labute approximate surface area is 191 Å². The number of carbonyl (C=O) groups is 2. The lowest BCUT2D eigenvalue weighted by molar-refractivity contribution is -0.117. The Balaban J connectivity index is 1.73. The first-order chi connectivity index (χ1) is 15.4. The minimum absolute atomic E-state index is 0.0873. The predicted molar refractivity (Wildman–Crippen MR) is 122 cm³/mol. The molecule has 2 aromatic carbocycles. The van der Waals surface area contributed by atoms with E-state index in [0.717, 1.165) is 16.9 Å². The van der Waals surface area contributed by atoms with Crippen LogP contribution in [0.25, 0.3) is 0 Å². The van der Waals surface area contributed by atoms with Crippen molar-refractivity contribution in [1.29, 1.82) is 0 Å². The zero-order valence-electron chi connectivity index (χ0n) is 18.1. The number of hydrogen-bond donors (Lipinski definition) is 0. The molecular formula is C24H24ClN3O4. The number of hydrogen-bond acceptors (Lipinski definition) is 5. The molecule has 0 N–H and O–H groups in total. The zero-order valence-corrected chi connectivity index (χ0v) is 18.9. The van der Waals surface area contributed by atoms with Crippen molar-refractivity contribution in [3.63, 3.8) is 0 Å². The van der Waals surface area contributed by atoms with E-state index >= 15 is 0 Å². The summed E-state index contributed by atoms with van der Waals surface area (Å²) in [5.41, 5.74) is 2.37. The Morgan fingerprint density at radius 3 is 2.62 bits per heavy atom. The summed E-state index contributed by atoms with van der Waals surface area (Å²) in [6, 6.07) is 15.9. The molecule has 2 unspecified atom stereocenters. The Bertz CT molecular complexity index is 1130. The molecule has 3 aromatic rings. The molecule has 0 aliphatic carbocycles. The summed E-state index contributed by atoms with van der Waals surface area (Å²) < 4.78 is 10.6. The molecule has 32 heavy (non-hydrogen) atoms. The molecule has 0 bridgehead atoms. The number of fused-ring (bicyclic) bond motifs is 1. The number of benzene rings is 2. The third-order valence-electron chi connectivity index (χ3n) is 5.53. The zero-order chi connectivity index (χ0) is 22.8. The molecular weight excluding hydrogens is 430 g/mol. The van der Waals surface area contributed by atoms with E-state index in [1.165, 1.54) is 6.07 Å². The monoisotopic (exact) mass is 453 g/mol.